The molecule has 0 aliphatic carbocycles. The second-order valence-electron chi connectivity index (χ2n) is 5.80. The van der Waals surface area contributed by atoms with E-state index in [0.29, 0.717) is 44.0 Å². The van der Waals surface area contributed by atoms with Gasteiger partial charge < -0.3 is 25.1 Å². The Balaban J connectivity index is 2.47. The highest BCUT2D eigenvalue weighted by Gasteiger charge is 2.28. The van der Waals surface area contributed by atoms with Crippen molar-refractivity contribution < 1.29 is 19.2 Å². The highest BCUT2D eigenvalue weighted by Crippen LogP contribution is 2.44. The Hall–Kier alpha value is -2.81. The van der Waals surface area contributed by atoms with Gasteiger partial charge in [-0.3, -0.25) is 0 Å². The fraction of sp³-hybridized carbons (Fsp3) is 0.176. The van der Waals surface area contributed by atoms with E-state index in [0.717, 1.165) is 0 Å². The predicted octanol–water partition coefficient (Wildman–Crippen LogP) is 3.67. The molecule has 2 heterocycles. The lowest BCUT2D eigenvalue weighted by atomic mass is 9.95. The number of halogens is 2. The molecule has 0 spiro atoms. The van der Waals surface area contributed by atoms with Gasteiger partial charge in [0.25, 0.3) is 0 Å². The van der Waals surface area contributed by atoms with E-state index in [-0.39, 0.29) is 5.84 Å². The predicted molar refractivity (Wildman–Crippen MR) is 97.7 cm³/mol. The highest BCUT2D eigenvalue weighted by molar-refractivity contribution is 9.10. The quantitative estimate of drug-likeness (QED) is 0.258. The van der Waals surface area contributed by atoms with Crippen molar-refractivity contribution in [2.24, 2.45) is 17.9 Å². The van der Waals surface area contributed by atoms with Gasteiger partial charge in [-0.05, 0) is 47.5 Å². The van der Waals surface area contributed by atoms with Gasteiger partial charge in [-0.15, -0.1) is 0 Å². The molecule has 0 aliphatic rings. The molecule has 3 rings (SSSR count). The van der Waals surface area contributed by atoms with Crippen LogP contribution in [0.4, 0.5) is 4.39 Å². The van der Waals surface area contributed by atoms with Gasteiger partial charge in [-0.25, -0.2) is 4.39 Å². The molecule has 1 aromatic carbocycles. The molecule has 0 atom stereocenters. The Morgan fingerprint density at radius 3 is 2.54 bits per heavy atom. The summed E-state index contributed by atoms with van der Waals surface area (Å²) in [5.74, 6) is -0.786. The minimum atomic E-state index is -0.756. The molecule has 0 unspecified atom stereocenters. The van der Waals surface area contributed by atoms with Crippen molar-refractivity contribution in [1.29, 1.82) is 0 Å². The third-order valence-electron chi connectivity index (χ3n) is 4.19. The maximum absolute atomic E-state index is 14.0. The summed E-state index contributed by atoms with van der Waals surface area (Å²) in [7, 11) is 1.72. The molecule has 0 aliphatic heterocycles. The van der Waals surface area contributed by atoms with Crippen molar-refractivity contribution in [3.8, 4) is 28.0 Å². The van der Waals surface area contributed by atoms with Gasteiger partial charge in [0, 0.05) is 18.2 Å². The van der Waals surface area contributed by atoms with Crippen LogP contribution in [0.2, 0.25) is 0 Å². The monoisotopic (exact) mass is 422 g/mol. The van der Waals surface area contributed by atoms with Crippen molar-refractivity contribution in [3.05, 3.63) is 45.8 Å². The normalized spacial score (nSPS) is 12.0. The van der Waals surface area contributed by atoms with Crippen molar-refractivity contribution >= 4 is 21.8 Å². The molecule has 0 radical (unpaired) electrons. The van der Waals surface area contributed by atoms with Crippen LogP contribution in [-0.4, -0.2) is 25.9 Å². The Morgan fingerprint density at radius 2 is 2.00 bits per heavy atom. The van der Waals surface area contributed by atoms with Gasteiger partial charge in [0.15, 0.2) is 17.4 Å². The number of aromatic hydroxyl groups is 1. The first-order valence-electron chi connectivity index (χ1n) is 7.56. The first kappa shape index (κ1) is 18.0. The number of aromatic nitrogens is 2. The zero-order valence-electron chi connectivity index (χ0n) is 14.2. The molecule has 3 aromatic rings. The average Bonchev–Trinajstić information content (AvgIpc) is 3.06. The maximum Gasteiger partial charge on any atom is 0.187 e. The summed E-state index contributed by atoms with van der Waals surface area (Å²) < 4.78 is 21.5. The first-order valence-corrected chi connectivity index (χ1v) is 8.35. The summed E-state index contributed by atoms with van der Waals surface area (Å²) in [6.07, 6.45) is 0. The summed E-state index contributed by atoms with van der Waals surface area (Å²) >= 11 is 3.50. The molecule has 26 heavy (non-hydrogen) atoms. The molecule has 0 fully saturated rings. The Morgan fingerprint density at radius 1 is 1.31 bits per heavy atom. The number of oxime groups is 1. The fourth-order valence-electron chi connectivity index (χ4n) is 3.01. The zero-order valence-corrected chi connectivity index (χ0v) is 15.8. The summed E-state index contributed by atoms with van der Waals surface area (Å²) in [5, 5.41) is 25.8. The molecule has 0 bridgehead atoms. The number of amidine groups is 1. The number of rotatable bonds is 3. The van der Waals surface area contributed by atoms with E-state index < -0.39 is 11.6 Å². The second kappa shape index (κ2) is 6.49. The molecular weight excluding hydrogens is 407 g/mol. The van der Waals surface area contributed by atoms with Crippen LogP contribution in [0.3, 0.4) is 0 Å². The lowest BCUT2D eigenvalue weighted by molar-refractivity contribution is 0.318. The summed E-state index contributed by atoms with van der Waals surface area (Å²) in [4.78, 5) is 0. The molecule has 9 heteroatoms. The number of phenols is 1. The molecule has 0 amide bonds. The lowest BCUT2D eigenvalue weighted by Gasteiger charge is -2.08. The number of hydrogen-bond acceptors (Lipinski definition) is 5. The van der Waals surface area contributed by atoms with Crippen LogP contribution in [-0.2, 0) is 7.05 Å². The van der Waals surface area contributed by atoms with Crippen LogP contribution in [0.1, 0.15) is 17.1 Å². The molecule has 2 aromatic heterocycles. The minimum absolute atomic E-state index is 0.117. The SMILES string of the molecule is Cc1noc(C)c1-c1c(-c2ccc(O)c(F)c2)c(Br)n(C)c1C(N)=NO. The summed E-state index contributed by atoms with van der Waals surface area (Å²) in [5.41, 5.74) is 9.27. The van der Waals surface area contributed by atoms with Gasteiger partial charge in [0.2, 0.25) is 0 Å². The topological polar surface area (TPSA) is 110 Å². The van der Waals surface area contributed by atoms with Gasteiger partial charge in [0.05, 0.1) is 21.6 Å². The molecular formula is C17H16BrFN4O3. The lowest BCUT2D eigenvalue weighted by Crippen LogP contribution is -2.18. The van der Waals surface area contributed by atoms with E-state index in [4.69, 9.17) is 10.3 Å². The van der Waals surface area contributed by atoms with Crippen molar-refractivity contribution in [1.82, 2.24) is 9.72 Å². The number of aryl methyl sites for hydroxylation is 2. The third kappa shape index (κ3) is 2.64. The van der Waals surface area contributed by atoms with E-state index in [1.807, 2.05) is 0 Å². The molecule has 136 valence electrons. The first-order chi connectivity index (χ1) is 12.3. The number of nitrogens with zero attached hydrogens (tertiary/aromatic N) is 3. The van der Waals surface area contributed by atoms with Crippen LogP contribution in [0.5, 0.6) is 5.75 Å². The minimum Gasteiger partial charge on any atom is -0.505 e. The van der Waals surface area contributed by atoms with Gasteiger partial charge in [-0.2, -0.15) is 0 Å². The fourth-order valence-corrected chi connectivity index (χ4v) is 3.62. The van der Waals surface area contributed by atoms with Crippen molar-refractivity contribution in [2.45, 2.75) is 13.8 Å². The maximum atomic E-state index is 14.0. The largest absolute Gasteiger partial charge is 0.505 e. The second-order valence-corrected chi connectivity index (χ2v) is 6.55. The van der Waals surface area contributed by atoms with Crippen LogP contribution < -0.4 is 5.73 Å². The average molecular weight is 423 g/mol. The standard InChI is InChI=1S/C17H16BrFN4O3/c1-7-12(8(2)26-22-7)14-13(9-4-5-11(24)10(19)6-9)16(18)23(3)15(14)17(20)21-25/h4-6,24-25H,1-3H3,(H2,20,21). The van der Waals surface area contributed by atoms with Crippen molar-refractivity contribution in [3.63, 3.8) is 0 Å². The Bertz CT molecular complexity index is 1020. The molecule has 7 nitrogen and oxygen atoms in total. The van der Waals surface area contributed by atoms with Gasteiger partial charge >= 0.3 is 0 Å². The van der Waals surface area contributed by atoms with E-state index in [9.17, 15) is 14.7 Å². The van der Waals surface area contributed by atoms with E-state index in [2.05, 4.69) is 26.2 Å². The number of hydrogen-bond donors (Lipinski definition) is 3. The summed E-state index contributed by atoms with van der Waals surface area (Å²) in [6, 6.07) is 4.06. The van der Waals surface area contributed by atoms with Crippen molar-refractivity contribution in [2.75, 3.05) is 0 Å². The van der Waals surface area contributed by atoms with Crippen LogP contribution in [0.25, 0.3) is 22.3 Å². The molecule has 0 saturated heterocycles. The van der Waals surface area contributed by atoms with Gasteiger partial charge in [-0.1, -0.05) is 16.4 Å². The number of benzene rings is 1. The number of nitrogens with two attached hydrogens (primary N) is 1. The zero-order chi connectivity index (χ0) is 19.2. The van der Waals surface area contributed by atoms with Gasteiger partial charge in [0.1, 0.15) is 5.76 Å². The van der Waals surface area contributed by atoms with E-state index >= 15 is 0 Å². The molecule has 4 N–H and O–H groups in total. The summed E-state index contributed by atoms with van der Waals surface area (Å²) in [6.45, 7) is 3.51. The van der Waals surface area contributed by atoms with Crippen LogP contribution in [0, 0.1) is 19.7 Å². The number of phenolic OH excluding ortho intramolecular Hbond substituents is 1. The smallest absolute Gasteiger partial charge is 0.187 e. The van der Waals surface area contributed by atoms with Crippen LogP contribution in [0.15, 0.2) is 32.5 Å². The van der Waals surface area contributed by atoms with Crippen LogP contribution >= 0.6 is 15.9 Å². The third-order valence-corrected chi connectivity index (χ3v) is 5.12. The highest BCUT2D eigenvalue weighted by atomic mass is 79.9. The van der Waals surface area contributed by atoms with E-state index in [1.165, 1.54) is 12.1 Å². The van der Waals surface area contributed by atoms with E-state index in [1.54, 1.807) is 31.5 Å². The Labute approximate surface area is 156 Å². The Kier molecular flexibility index (Phi) is 4.49. The molecule has 0 saturated carbocycles.